The fraction of sp³-hybridized carbons (Fsp3) is 0.667. The number of aryl methyl sites for hydroxylation is 2. The number of rotatable bonds is 5. The van der Waals surface area contributed by atoms with E-state index in [1.807, 2.05) is 0 Å². The van der Waals surface area contributed by atoms with Crippen molar-refractivity contribution in [2.45, 2.75) is 44.2 Å². The van der Waals surface area contributed by atoms with Crippen LogP contribution in [0.5, 0.6) is 0 Å². The van der Waals surface area contributed by atoms with E-state index in [1.165, 1.54) is 8.99 Å². The summed E-state index contributed by atoms with van der Waals surface area (Å²) in [5, 5.41) is 22.3. The molecule has 118 valence electrons. The molecule has 9 heteroatoms. The Morgan fingerprint density at radius 1 is 1.43 bits per heavy atom. The molecule has 0 bridgehead atoms. The zero-order valence-corrected chi connectivity index (χ0v) is 12.8. The number of aliphatic carboxylic acids is 1. The maximum absolute atomic E-state index is 12.6. The summed E-state index contributed by atoms with van der Waals surface area (Å²) >= 11 is 0. The van der Waals surface area contributed by atoms with Crippen LogP contribution in [0.15, 0.2) is 4.90 Å². The molecule has 0 saturated carbocycles. The lowest BCUT2D eigenvalue weighted by Crippen LogP contribution is -2.30. The minimum absolute atomic E-state index is 0.0848. The van der Waals surface area contributed by atoms with Crippen LogP contribution in [0.2, 0.25) is 0 Å². The van der Waals surface area contributed by atoms with Crippen LogP contribution in [0.25, 0.3) is 0 Å². The van der Waals surface area contributed by atoms with Gasteiger partial charge in [0.05, 0.1) is 30.5 Å². The first-order chi connectivity index (χ1) is 9.73. The molecule has 0 amide bonds. The van der Waals surface area contributed by atoms with E-state index in [0.717, 1.165) is 0 Å². The summed E-state index contributed by atoms with van der Waals surface area (Å²) in [4.78, 5) is 10.7. The first kappa shape index (κ1) is 15.9. The van der Waals surface area contributed by atoms with Crippen molar-refractivity contribution in [1.82, 2.24) is 14.1 Å². The second-order valence-electron chi connectivity index (χ2n) is 5.17. The van der Waals surface area contributed by atoms with Gasteiger partial charge >= 0.3 is 5.97 Å². The van der Waals surface area contributed by atoms with Crippen LogP contribution < -0.4 is 0 Å². The van der Waals surface area contributed by atoms with Crippen LogP contribution in [0.3, 0.4) is 0 Å². The van der Waals surface area contributed by atoms with E-state index in [0.29, 0.717) is 17.8 Å². The van der Waals surface area contributed by atoms with E-state index in [1.54, 1.807) is 13.8 Å². The molecule has 1 saturated heterocycles. The zero-order chi connectivity index (χ0) is 15.8. The monoisotopic (exact) mass is 317 g/mol. The first-order valence-corrected chi connectivity index (χ1v) is 8.11. The van der Waals surface area contributed by atoms with E-state index < -0.39 is 22.1 Å². The number of aromatic nitrogens is 2. The maximum atomic E-state index is 12.6. The van der Waals surface area contributed by atoms with Gasteiger partial charge in [0, 0.05) is 13.1 Å². The number of carboxylic acids is 1. The Morgan fingerprint density at radius 2 is 2.10 bits per heavy atom. The molecule has 0 aromatic carbocycles. The molecule has 2 N–H and O–H groups in total. The van der Waals surface area contributed by atoms with Gasteiger partial charge in [-0.2, -0.15) is 9.40 Å². The Bertz CT molecular complexity index is 652. The predicted octanol–water partition coefficient (Wildman–Crippen LogP) is -0.270. The van der Waals surface area contributed by atoms with Crippen molar-refractivity contribution in [3.05, 3.63) is 11.4 Å². The highest BCUT2D eigenvalue weighted by molar-refractivity contribution is 7.89. The minimum Gasteiger partial charge on any atom is -0.481 e. The van der Waals surface area contributed by atoms with Crippen LogP contribution >= 0.6 is 0 Å². The molecule has 2 heterocycles. The van der Waals surface area contributed by atoms with Gasteiger partial charge in [0.2, 0.25) is 10.0 Å². The molecule has 1 atom stereocenters. The molecular weight excluding hydrogens is 298 g/mol. The normalized spacial score (nSPS) is 20.0. The van der Waals surface area contributed by atoms with Gasteiger partial charge in [-0.25, -0.2) is 8.42 Å². The number of aliphatic hydroxyl groups is 1. The highest BCUT2D eigenvalue weighted by Crippen LogP contribution is 2.26. The number of nitrogens with zero attached hydrogens (tertiary/aromatic N) is 3. The van der Waals surface area contributed by atoms with Gasteiger partial charge in [0.1, 0.15) is 4.90 Å². The molecule has 1 aromatic heterocycles. The summed E-state index contributed by atoms with van der Waals surface area (Å²) in [6.07, 6.45) is -0.337. The van der Waals surface area contributed by atoms with E-state index in [2.05, 4.69) is 5.10 Å². The van der Waals surface area contributed by atoms with Gasteiger partial charge < -0.3 is 10.2 Å². The second-order valence-corrected chi connectivity index (χ2v) is 7.05. The molecule has 0 spiro atoms. The average Bonchev–Trinajstić information content (AvgIpc) is 2.92. The third-order valence-electron chi connectivity index (χ3n) is 3.58. The summed E-state index contributed by atoms with van der Waals surface area (Å²) in [5.41, 5.74) is 0.773. The van der Waals surface area contributed by atoms with Gasteiger partial charge in [-0.05, 0) is 20.3 Å². The van der Waals surface area contributed by atoms with Crippen molar-refractivity contribution in [3.63, 3.8) is 0 Å². The zero-order valence-electron chi connectivity index (χ0n) is 12.0. The average molecular weight is 317 g/mol. The van der Waals surface area contributed by atoms with Crippen molar-refractivity contribution >= 4 is 16.0 Å². The number of carboxylic acid groups (broad SMARTS) is 1. The SMILES string of the molecule is Cc1nn(CCC(=O)O)c(C)c1S(=O)(=O)N1CC[C@@H](O)C1. The first-order valence-electron chi connectivity index (χ1n) is 6.67. The third-order valence-corrected chi connectivity index (χ3v) is 5.69. The smallest absolute Gasteiger partial charge is 0.305 e. The predicted molar refractivity (Wildman–Crippen MR) is 73.3 cm³/mol. The lowest BCUT2D eigenvalue weighted by Gasteiger charge is -2.16. The lowest BCUT2D eigenvalue weighted by atomic mass is 10.3. The fourth-order valence-electron chi connectivity index (χ4n) is 2.53. The molecule has 1 aliphatic heterocycles. The van der Waals surface area contributed by atoms with Gasteiger partial charge in [0.25, 0.3) is 0 Å². The number of hydrogen-bond donors (Lipinski definition) is 2. The topological polar surface area (TPSA) is 113 Å². The molecule has 8 nitrogen and oxygen atoms in total. The standard InChI is InChI=1S/C12H19N3O5S/c1-8-12(9(2)15(13-8)6-4-11(17)18)21(19,20)14-5-3-10(16)7-14/h10,16H,3-7H2,1-2H3,(H,17,18)/t10-/m1/s1. The Balaban J connectivity index is 2.33. The molecule has 0 unspecified atom stereocenters. The Labute approximate surface area is 123 Å². The van der Waals surface area contributed by atoms with Crippen molar-refractivity contribution < 1.29 is 23.4 Å². The van der Waals surface area contributed by atoms with Gasteiger partial charge in [0.15, 0.2) is 0 Å². The van der Waals surface area contributed by atoms with Crippen LogP contribution in [0, 0.1) is 13.8 Å². The van der Waals surface area contributed by atoms with Crippen molar-refractivity contribution in [1.29, 1.82) is 0 Å². The summed E-state index contributed by atoms with van der Waals surface area (Å²) in [6.45, 7) is 3.69. The summed E-state index contributed by atoms with van der Waals surface area (Å²) < 4.78 is 27.9. The Kier molecular flexibility index (Phi) is 4.35. The van der Waals surface area contributed by atoms with Crippen LogP contribution in [0.1, 0.15) is 24.2 Å². The van der Waals surface area contributed by atoms with Crippen LogP contribution in [0.4, 0.5) is 0 Å². The van der Waals surface area contributed by atoms with Gasteiger partial charge in [-0.15, -0.1) is 0 Å². The number of β-amino-alcohol motifs (C(OH)–C–C–N with tert-alkyl or cyclic N) is 1. The molecule has 21 heavy (non-hydrogen) atoms. The molecule has 1 aliphatic rings. The summed E-state index contributed by atoms with van der Waals surface area (Å²) in [5.74, 6) is -0.963. The molecule has 2 rings (SSSR count). The second kappa shape index (κ2) is 5.74. The van der Waals surface area contributed by atoms with Crippen molar-refractivity contribution in [2.75, 3.05) is 13.1 Å². The van der Waals surface area contributed by atoms with Crippen LogP contribution in [-0.2, 0) is 21.4 Å². The van der Waals surface area contributed by atoms with Crippen LogP contribution in [-0.4, -0.2) is 57.9 Å². The summed E-state index contributed by atoms with van der Waals surface area (Å²) in [7, 11) is -3.71. The van der Waals surface area contributed by atoms with E-state index in [4.69, 9.17) is 5.11 Å². The van der Waals surface area contributed by atoms with E-state index >= 15 is 0 Å². The molecule has 0 aliphatic carbocycles. The number of sulfonamides is 1. The molecule has 1 aromatic rings. The van der Waals surface area contributed by atoms with E-state index in [-0.39, 0.29) is 31.0 Å². The van der Waals surface area contributed by atoms with Gasteiger partial charge in [-0.3, -0.25) is 9.48 Å². The Hall–Kier alpha value is -1.45. The van der Waals surface area contributed by atoms with Crippen molar-refractivity contribution in [2.24, 2.45) is 0 Å². The fourth-order valence-corrected chi connectivity index (χ4v) is 4.40. The highest BCUT2D eigenvalue weighted by Gasteiger charge is 2.35. The number of carbonyl (C=O) groups is 1. The van der Waals surface area contributed by atoms with Crippen molar-refractivity contribution in [3.8, 4) is 0 Å². The molecule has 1 fully saturated rings. The third kappa shape index (κ3) is 3.09. The molecular formula is C12H19N3O5S. The van der Waals surface area contributed by atoms with E-state index in [9.17, 15) is 18.3 Å². The highest BCUT2D eigenvalue weighted by atomic mass is 32.2. The van der Waals surface area contributed by atoms with Gasteiger partial charge in [-0.1, -0.05) is 0 Å². The summed E-state index contributed by atoms with van der Waals surface area (Å²) in [6, 6.07) is 0. The molecule has 0 radical (unpaired) electrons. The largest absolute Gasteiger partial charge is 0.481 e. The number of aliphatic hydroxyl groups excluding tert-OH is 1. The lowest BCUT2D eigenvalue weighted by molar-refractivity contribution is -0.137. The quantitative estimate of drug-likeness (QED) is 0.773. The Morgan fingerprint density at radius 3 is 2.62 bits per heavy atom. The number of hydrogen-bond acceptors (Lipinski definition) is 5. The minimum atomic E-state index is -3.71. The maximum Gasteiger partial charge on any atom is 0.305 e.